The minimum absolute atomic E-state index is 1.03. The number of fused-ring (bicyclic) bond motifs is 5. The summed E-state index contributed by atoms with van der Waals surface area (Å²) in [5.41, 5.74) is 11.0. The molecule has 1 aliphatic rings. The van der Waals surface area contributed by atoms with Gasteiger partial charge in [-0.05, 0) is 103 Å². The lowest BCUT2D eigenvalue weighted by Crippen LogP contribution is -2.09. The van der Waals surface area contributed by atoms with Crippen molar-refractivity contribution in [3.8, 4) is 33.4 Å². The van der Waals surface area contributed by atoms with Gasteiger partial charge in [-0.2, -0.15) is 0 Å². The molecule has 1 heterocycles. The van der Waals surface area contributed by atoms with E-state index in [1.807, 2.05) is 24.5 Å². The van der Waals surface area contributed by atoms with Crippen LogP contribution in [0.3, 0.4) is 0 Å². The minimum Gasteiger partial charge on any atom is -0.309 e. The van der Waals surface area contributed by atoms with Gasteiger partial charge in [0, 0.05) is 17.6 Å². The predicted octanol–water partition coefficient (Wildman–Crippen LogP) is 10.2. The predicted molar refractivity (Wildman–Crippen MR) is 164 cm³/mol. The van der Waals surface area contributed by atoms with Crippen molar-refractivity contribution < 1.29 is 0 Å². The van der Waals surface area contributed by atoms with Crippen LogP contribution in [0.5, 0.6) is 0 Å². The monoisotopic (exact) mass is 496 g/mol. The van der Waals surface area contributed by atoms with E-state index in [1.54, 1.807) is 0 Å². The number of para-hydroxylation sites is 1. The molecule has 1 aliphatic carbocycles. The average molecular weight is 497 g/mol. The number of anilines is 3. The summed E-state index contributed by atoms with van der Waals surface area (Å²) in [6.45, 7) is 0. The van der Waals surface area contributed by atoms with Crippen LogP contribution >= 0.6 is 0 Å². The summed E-state index contributed by atoms with van der Waals surface area (Å²) >= 11 is 0. The SMILES string of the molecule is c1ccc(N(c2ccc(-c3ccc4c(c3)-c3cc5ccccc5c5cccc-4c35)cc2)c2cccnc2)cc1. The van der Waals surface area contributed by atoms with Crippen LogP contribution in [0.15, 0.2) is 146 Å². The van der Waals surface area contributed by atoms with E-state index in [0.717, 1.165) is 17.1 Å². The number of nitrogens with zero attached hydrogens (tertiary/aromatic N) is 2. The van der Waals surface area contributed by atoms with E-state index in [4.69, 9.17) is 0 Å². The second kappa shape index (κ2) is 8.68. The molecule has 0 aliphatic heterocycles. The zero-order valence-corrected chi connectivity index (χ0v) is 21.3. The quantitative estimate of drug-likeness (QED) is 0.225. The van der Waals surface area contributed by atoms with E-state index < -0.39 is 0 Å². The van der Waals surface area contributed by atoms with Crippen molar-refractivity contribution in [2.75, 3.05) is 4.90 Å². The van der Waals surface area contributed by atoms with Gasteiger partial charge in [0.1, 0.15) is 0 Å². The minimum atomic E-state index is 1.03. The summed E-state index contributed by atoms with van der Waals surface area (Å²) in [5, 5.41) is 5.31. The van der Waals surface area contributed by atoms with Crippen LogP contribution in [0.25, 0.3) is 54.9 Å². The maximum Gasteiger partial charge on any atom is 0.0644 e. The molecule has 8 rings (SSSR count). The van der Waals surface area contributed by atoms with E-state index in [1.165, 1.54) is 54.9 Å². The van der Waals surface area contributed by atoms with Crippen molar-refractivity contribution in [3.63, 3.8) is 0 Å². The van der Waals surface area contributed by atoms with Crippen molar-refractivity contribution in [3.05, 3.63) is 146 Å². The lowest BCUT2D eigenvalue weighted by Gasteiger charge is -2.25. The van der Waals surface area contributed by atoms with Gasteiger partial charge in [0.25, 0.3) is 0 Å². The Hall–Kier alpha value is -5.21. The molecule has 182 valence electrons. The van der Waals surface area contributed by atoms with Crippen molar-refractivity contribution in [1.82, 2.24) is 4.98 Å². The number of hydrogen-bond acceptors (Lipinski definition) is 2. The molecule has 39 heavy (non-hydrogen) atoms. The van der Waals surface area contributed by atoms with E-state index in [-0.39, 0.29) is 0 Å². The van der Waals surface area contributed by atoms with Crippen LogP contribution in [0.2, 0.25) is 0 Å². The molecule has 7 aromatic rings. The fourth-order valence-electron chi connectivity index (χ4n) is 6.09. The third kappa shape index (κ3) is 3.46. The molecule has 0 spiro atoms. The smallest absolute Gasteiger partial charge is 0.0644 e. The Morgan fingerprint density at radius 2 is 1.18 bits per heavy atom. The second-order valence-electron chi connectivity index (χ2n) is 10.1. The Kier molecular flexibility index (Phi) is 4.86. The number of benzene rings is 6. The summed E-state index contributed by atoms with van der Waals surface area (Å²) < 4.78 is 0. The van der Waals surface area contributed by atoms with E-state index >= 15 is 0 Å². The van der Waals surface area contributed by atoms with Gasteiger partial charge in [-0.1, -0.05) is 84.9 Å². The van der Waals surface area contributed by atoms with Gasteiger partial charge in [-0.15, -0.1) is 0 Å². The molecule has 0 saturated carbocycles. The molecule has 0 atom stereocenters. The Morgan fingerprint density at radius 1 is 0.436 bits per heavy atom. The van der Waals surface area contributed by atoms with Gasteiger partial charge in [-0.3, -0.25) is 4.98 Å². The summed E-state index contributed by atoms with van der Waals surface area (Å²) in [6.07, 6.45) is 3.72. The molecule has 0 saturated heterocycles. The highest BCUT2D eigenvalue weighted by Gasteiger charge is 2.23. The summed E-state index contributed by atoms with van der Waals surface area (Å²) in [7, 11) is 0. The molecule has 0 bridgehead atoms. The van der Waals surface area contributed by atoms with Gasteiger partial charge < -0.3 is 4.90 Å². The summed E-state index contributed by atoms with van der Waals surface area (Å²) in [4.78, 5) is 6.60. The second-order valence-corrected chi connectivity index (χ2v) is 10.1. The zero-order valence-electron chi connectivity index (χ0n) is 21.3. The number of aromatic nitrogens is 1. The third-order valence-electron chi connectivity index (χ3n) is 7.86. The molecule has 0 fully saturated rings. The first-order valence-corrected chi connectivity index (χ1v) is 13.3. The highest BCUT2D eigenvalue weighted by atomic mass is 15.1. The molecular formula is C37H24N2. The number of rotatable bonds is 4. The zero-order chi connectivity index (χ0) is 25.8. The first kappa shape index (κ1) is 21.8. The highest BCUT2D eigenvalue weighted by Crippen LogP contribution is 2.50. The van der Waals surface area contributed by atoms with Crippen LogP contribution in [0.1, 0.15) is 0 Å². The Morgan fingerprint density at radius 3 is 2.03 bits per heavy atom. The largest absolute Gasteiger partial charge is 0.309 e. The highest BCUT2D eigenvalue weighted by molar-refractivity contribution is 6.23. The van der Waals surface area contributed by atoms with Crippen LogP contribution in [-0.4, -0.2) is 4.98 Å². The molecule has 2 heteroatoms. The summed E-state index contributed by atoms with van der Waals surface area (Å²) in [5.74, 6) is 0. The van der Waals surface area contributed by atoms with Crippen LogP contribution < -0.4 is 4.90 Å². The first-order chi connectivity index (χ1) is 19.3. The maximum absolute atomic E-state index is 4.37. The first-order valence-electron chi connectivity index (χ1n) is 13.3. The number of hydrogen-bond donors (Lipinski definition) is 0. The van der Waals surface area contributed by atoms with Crippen molar-refractivity contribution >= 4 is 38.6 Å². The van der Waals surface area contributed by atoms with Crippen molar-refractivity contribution in [2.45, 2.75) is 0 Å². The lowest BCUT2D eigenvalue weighted by molar-refractivity contribution is 1.23. The molecule has 0 unspecified atom stereocenters. The third-order valence-corrected chi connectivity index (χ3v) is 7.86. The Labute approximate surface area is 227 Å². The molecule has 0 radical (unpaired) electrons. The molecule has 6 aromatic carbocycles. The van der Waals surface area contributed by atoms with Gasteiger partial charge >= 0.3 is 0 Å². The normalized spacial score (nSPS) is 11.6. The van der Waals surface area contributed by atoms with E-state index in [2.05, 4.69) is 131 Å². The Balaban J connectivity index is 1.22. The molecule has 1 aromatic heterocycles. The van der Waals surface area contributed by atoms with E-state index in [9.17, 15) is 0 Å². The van der Waals surface area contributed by atoms with Crippen molar-refractivity contribution in [2.24, 2.45) is 0 Å². The molecule has 2 nitrogen and oxygen atoms in total. The Bertz CT molecular complexity index is 1950. The standard InChI is InChI=1S/C37H24N2/c1-2-9-28(10-3-1)39(30-11-7-21-38-24-30)29-18-15-25(16-19-29)26-17-20-32-34-14-6-13-33-31-12-5-4-8-27(31)23-36(37(33)34)35(32)22-26/h1-24H. The van der Waals surface area contributed by atoms with Gasteiger partial charge in [-0.25, -0.2) is 0 Å². The van der Waals surface area contributed by atoms with Crippen LogP contribution in [0, 0.1) is 0 Å². The van der Waals surface area contributed by atoms with E-state index in [0.29, 0.717) is 0 Å². The fourth-order valence-corrected chi connectivity index (χ4v) is 6.09. The fraction of sp³-hybridized carbons (Fsp3) is 0. The topological polar surface area (TPSA) is 16.1 Å². The number of pyridine rings is 1. The molecule has 0 N–H and O–H groups in total. The van der Waals surface area contributed by atoms with Gasteiger partial charge in [0.05, 0.1) is 11.9 Å². The molecule has 0 amide bonds. The van der Waals surface area contributed by atoms with Gasteiger partial charge in [0.2, 0.25) is 0 Å². The molecular weight excluding hydrogens is 472 g/mol. The maximum atomic E-state index is 4.37. The lowest BCUT2D eigenvalue weighted by atomic mass is 9.95. The van der Waals surface area contributed by atoms with Crippen molar-refractivity contribution in [1.29, 1.82) is 0 Å². The van der Waals surface area contributed by atoms with Crippen LogP contribution in [0.4, 0.5) is 17.1 Å². The average Bonchev–Trinajstić information content (AvgIpc) is 3.33. The summed E-state index contributed by atoms with van der Waals surface area (Å²) in [6, 6.07) is 48.1. The van der Waals surface area contributed by atoms with Gasteiger partial charge in [0.15, 0.2) is 0 Å². The van der Waals surface area contributed by atoms with Crippen LogP contribution in [-0.2, 0) is 0 Å².